The number of nitrogens with zero attached hydrogens (tertiary/aromatic N) is 1. The standard InChI is InChI=1S/C25H29NO2/c1-3-6-18-8-10-20(11-9-18)21-12-14-22(15-13-21)23-19(4-2)7-5-16-25(23,17-26)24(27)28/h8-15,19,23H,3-7,16H2,1-2H3,(H,27,28). The number of carboxylic acids is 1. The third kappa shape index (κ3) is 3.69. The van der Waals surface area contributed by atoms with E-state index in [-0.39, 0.29) is 11.8 Å². The van der Waals surface area contributed by atoms with Crippen LogP contribution in [0.2, 0.25) is 0 Å². The van der Waals surface area contributed by atoms with Gasteiger partial charge in [-0.3, -0.25) is 4.79 Å². The van der Waals surface area contributed by atoms with Gasteiger partial charge >= 0.3 is 5.97 Å². The summed E-state index contributed by atoms with van der Waals surface area (Å²) in [5.74, 6) is -1.01. The molecule has 0 heterocycles. The minimum Gasteiger partial charge on any atom is -0.480 e. The normalized spacial score (nSPS) is 24.5. The molecule has 1 aliphatic rings. The molecule has 0 aliphatic heterocycles. The van der Waals surface area contributed by atoms with Gasteiger partial charge in [-0.1, -0.05) is 81.6 Å². The summed E-state index contributed by atoms with van der Waals surface area (Å²) in [6.07, 6.45) is 5.33. The summed E-state index contributed by atoms with van der Waals surface area (Å²) in [7, 11) is 0. The van der Waals surface area contributed by atoms with Crippen molar-refractivity contribution in [3.05, 3.63) is 59.7 Å². The van der Waals surface area contributed by atoms with Crippen molar-refractivity contribution >= 4 is 5.97 Å². The zero-order valence-corrected chi connectivity index (χ0v) is 16.8. The minimum atomic E-state index is -1.32. The number of carbonyl (C=O) groups is 1. The van der Waals surface area contributed by atoms with Gasteiger partial charge in [0.1, 0.15) is 0 Å². The first kappa shape index (κ1) is 20.1. The summed E-state index contributed by atoms with van der Waals surface area (Å²) in [5.41, 5.74) is 3.28. The van der Waals surface area contributed by atoms with Crippen molar-refractivity contribution in [3.63, 3.8) is 0 Å². The predicted molar refractivity (Wildman–Crippen MR) is 112 cm³/mol. The molecule has 0 radical (unpaired) electrons. The van der Waals surface area contributed by atoms with E-state index in [0.717, 1.165) is 48.8 Å². The Morgan fingerprint density at radius 2 is 1.71 bits per heavy atom. The third-order valence-corrected chi connectivity index (χ3v) is 6.35. The van der Waals surface area contributed by atoms with Crippen molar-refractivity contribution in [1.82, 2.24) is 0 Å². The Morgan fingerprint density at radius 3 is 2.21 bits per heavy atom. The van der Waals surface area contributed by atoms with Gasteiger partial charge in [-0.15, -0.1) is 0 Å². The Kier molecular flexibility index (Phi) is 6.19. The number of hydrogen-bond donors (Lipinski definition) is 1. The van der Waals surface area contributed by atoms with Crippen molar-refractivity contribution in [2.75, 3.05) is 0 Å². The molecule has 3 rings (SSSR count). The molecule has 1 saturated carbocycles. The Hall–Kier alpha value is -2.60. The topological polar surface area (TPSA) is 61.1 Å². The van der Waals surface area contributed by atoms with Crippen LogP contribution >= 0.6 is 0 Å². The van der Waals surface area contributed by atoms with Crippen LogP contribution in [0.1, 0.15) is 63.0 Å². The second kappa shape index (κ2) is 8.61. The molecule has 0 bridgehead atoms. The molecule has 3 heteroatoms. The zero-order chi connectivity index (χ0) is 20.1. The molecule has 3 atom stereocenters. The SMILES string of the molecule is CCCc1ccc(-c2ccc(C3C(CC)CCCC3(C#N)C(=O)O)cc2)cc1. The fourth-order valence-electron chi connectivity index (χ4n) is 4.81. The number of aryl methyl sites for hydroxylation is 1. The van der Waals surface area contributed by atoms with Gasteiger partial charge < -0.3 is 5.11 Å². The molecule has 1 fully saturated rings. The Labute approximate surface area is 168 Å². The lowest BCUT2D eigenvalue weighted by Crippen LogP contribution is -2.42. The highest BCUT2D eigenvalue weighted by Crippen LogP contribution is 2.51. The smallest absolute Gasteiger partial charge is 0.324 e. The van der Waals surface area contributed by atoms with E-state index >= 15 is 0 Å². The maximum atomic E-state index is 12.1. The summed E-state index contributed by atoms with van der Waals surface area (Å²) in [6, 6.07) is 19.0. The van der Waals surface area contributed by atoms with Crippen LogP contribution in [0.4, 0.5) is 0 Å². The number of aliphatic carboxylic acids is 1. The van der Waals surface area contributed by atoms with E-state index in [0.29, 0.717) is 6.42 Å². The molecule has 1 N–H and O–H groups in total. The van der Waals surface area contributed by atoms with Crippen molar-refractivity contribution in [1.29, 1.82) is 5.26 Å². The van der Waals surface area contributed by atoms with E-state index in [4.69, 9.17) is 0 Å². The van der Waals surface area contributed by atoms with Gasteiger partial charge in [-0.05, 0) is 47.4 Å². The molecular formula is C25H29NO2. The van der Waals surface area contributed by atoms with E-state index < -0.39 is 11.4 Å². The lowest BCUT2D eigenvalue weighted by molar-refractivity contribution is -0.149. The summed E-state index contributed by atoms with van der Waals surface area (Å²) in [5, 5.41) is 19.7. The summed E-state index contributed by atoms with van der Waals surface area (Å²) in [4.78, 5) is 12.1. The van der Waals surface area contributed by atoms with E-state index in [1.807, 2.05) is 12.1 Å². The maximum Gasteiger partial charge on any atom is 0.324 e. The first-order valence-corrected chi connectivity index (χ1v) is 10.4. The molecule has 0 saturated heterocycles. The minimum absolute atomic E-state index is 0.226. The summed E-state index contributed by atoms with van der Waals surface area (Å²) in [6.45, 7) is 4.28. The molecule has 0 spiro atoms. The molecule has 2 aromatic rings. The molecule has 3 nitrogen and oxygen atoms in total. The fraction of sp³-hybridized carbons (Fsp3) is 0.440. The second-order valence-electron chi connectivity index (χ2n) is 8.00. The number of hydrogen-bond acceptors (Lipinski definition) is 2. The molecule has 3 unspecified atom stereocenters. The first-order chi connectivity index (χ1) is 13.6. The average molecular weight is 376 g/mol. The first-order valence-electron chi connectivity index (χ1n) is 10.4. The van der Waals surface area contributed by atoms with Gasteiger partial charge in [0.25, 0.3) is 0 Å². The molecule has 28 heavy (non-hydrogen) atoms. The Balaban J connectivity index is 1.93. The average Bonchev–Trinajstić information content (AvgIpc) is 2.74. The van der Waals surface area contributed by atoms with Gasteiger partial charge in [0, 0.05) is 5.92 Å². The molecule has 146 valence electrons. The van der Waals surface area contributed by atoms with Gasteiger partial charge in [-0.2, -0.15) is 5.26 Å². The van der Waals surface area contributed by atoms with Crippen LogP contribution in [0.3, 0.4) is 0 Å². The Bertz CT molecular complexity index is 848. The van der Waals surface area contributed by atoms with Crippen molar-refractivity contribution < 1.29 is 9.90 Å². The van der Waals surface area contributed by atoms with Crippen LogP contribution < -0.4 is 0 Å². The monoisotopic (exact) mass is 375 g/mol. The summed E-state index contributed by atoms with van der Waals surface area (Å²) < 4.78 is 0. The van der Waals surface area contributed by atoms with E-state index in [1.165, 1.54) is 5.56 Å². The van der Waals surface area contributed by atoms with E-state index in [1.54, 1.807) is 0 Å². The molecule has 2 aromatic carbocycles. The van der Waals surface area contributed by atoms with Crippen LogP contribution in [0.25, 0.3) is 11.1 Å². The Morgan fingerprint density at radius 1 is 1.11 bits per heavy atom. The van der Waals surface area contributed by atoms with Crippen LogP contribution in [0, 0.1) is 22.7 Å². The van der Waals surface area contributed by atoms with Crippen molar-refractivity contribution in [2.45, 2.75) is 58.3 Å². The molecule has 0 aromatic heterocycles. The van der Waals surface area contributed by atoms with Crippen LogP contribution in [0.15, 0.2) is 48.5 Å². The number of nitriles is 1. The van der Waals surface area contributed by atoms with Crippen LogP contribution in [0.5, 0.6) is 0 Å². The van der Waals surface area contributed by atoms with Gasteiger partial charge in [0.15, 0.2) is 5.41 Å². The second-order valence-corrected chi connectivity index (χ2v) is 8.00. The molecular weight excluding hydrogens is 346 g/mol. The van der Waals surface area contributed by atoms with E-state index in [2.05, 4.69) is 56.3 Å². The van der Waals surface area contributed by atoms with Crippen LogP contribution in [-0.4, -0.2) is 11.1 Å². The van der Waals surface area contributed by atoms with Crippen molar-refractivity contribution in [3.8, 4) is 17.2 Å². The fourth-order valence-corrected chi connectivity index (χ4v) is 4.81. The highest BCUT2D eigenvalue weighted by atomic mass is 16.4. The quantitative estimate of drug-likeness (QED) is 0.654. The van der Waals surface area contributed by atoms with Gasteiger partial charge in [0.2, 0.25) is 0 Å². The highest BCUT2D eigenvalue weighted by molar-refractivity contribution is 5.80. The molecule has 1 aliphatic carbocycles. The predicted octanol–water partition coefficient (Wildman–Crippen LogP) is 6.19. The van der Waals surface area contributed by atoms with Gasteiger partial charge in [-0.25, -0.2) is 0 Å². The zero-order valence-electron chi connectivity index (χ0n) is 16.8. The lowest BCUT2D eigenvalue weighted by Gasteiger charge is -2.41. The third-order valence-electron chi connectivity index (χ3n) is 6.35. The number of benzene rings is 2. The highest BCUT2D eigenvalue weighted by Gasteiger charge is 2.52. The van der Waals surface area contributed by atoms with Gasteiger partial charge in [0.05, 0.1) is 6.07 Å². The maximum absolute atomic E-state index is 12.1. The molecule has 0 amide bonds. The lowest BCUT2D eigenvalue weighted by atomic mass is 9.59. The largest absolute Gasteiger partial charge is 0.480 e. The van der Waals surface area contributed by atoms with Crippen LogP contribution in [-0.2, 0) is 11.2 Å². The van der Waals surface area contributed by atoms with Crippen molar-refractivity contribution in [2.24, 2.45) is 11.3 Å². The van der Waals surface area contributed by atoms with E-state index in [9.17, 15) is 15.2 Å². The number of carboxylic acid groups (broad SMARTS) is 1. The number of rotatable bonds is 6. The summed E-state index contributed by atoms with van der Waals surface area (Å²) >= 11 is 0.